The predicted molar refractivity (Wildman–Crippen MR) is 160 cm³/mol. The number of urea groups is 1. The molecule has 2 aliphatic rings. The normalized spacial score (nSPS) is 19.5. The van der Waals surface area contributed by atoms with Crippen molar-refractivity contribution in [2.75, 3.05) is 12.0 Å². The summed E-state index contributed by atoms with van der Waals surface area (Å²) in [6, 6.07) is 4.78. The van der Waals surface area contributed by atoms with E-state index in [1.54, 1.807) is 45.0 Å². The van der Waals surface area contributed by atoms with Gasteiger partial charge in [0, 0.05) is 6.20 Å². The Bertz CT molecular complexity index is 1420. The highest BCUT2D eigenvalue weighted by Gasteiger charge is 2.56. The largest absolute Gasteiger partial charge is 0.497 e. The topological polar surface area (TPSA) is 138 Å². The highest BCUT2D eigenvalue weighted by Crippen LogP contribution is 2.36. The van der Waals surface area contributed by atoms with Crippen molar-refractivity contribution >= 4 is 29.8 Å². The fraction of sp³-hybridized carbons (Fsp3) is 0.531. The molecule has 2 fully saturated rings. The van der Waals surface area contributed by atoms with E-state index in [0.717, 1.165) is 12.0 Å². The molecular weight excluding hydrogens is 609 g/mol. The van der Waals surface area contributed by atoms with E-state index in [1.807, 2.05) is 5.32 Å². The SMILES string of the molecule is COc1ccc(CN(C(=O)OC(C)(C)C)c2cc(C[C@H]3C(=O)N(C(=O)N[C@@H](C4CCCCC4)C(F)(F)F)[C@@H]3C(=O)O)ccn2)cc1. The maximum absolute atomic E-state index is 13.9. The van der Waals surface area contributed by atoms with Gasteiger partial charge in [0.05, 0.1) is 19.6 Å². The number of ether oxygens (including phenoxy) is 2. The molecule has 250 valence electrons. The van der Waals surface area contributed by atoms with Gasteiger partial charge >= 0.3 is 24.3 Å². The summed E-state index contributed by atoms with van der Waals surface area (Å²) in [5, 5.41) is 11.8. The summed E-state index contributed by atoms with van der Waals surface area (Å²) >= 11 is 0. The van der Waals surface area contributed by atoms with Crippen molar-refractivity contribution in [3.63, 3.8) is 0 Å². The first-order chi connectivity index (χ1) is 21.6. The third-order valence-corrected chi connectivity index (χ3v) is 8.09. The fourth-order valence-corrected chi connectivity index (χ4v) is 5.85. The van der Waals surface area contributed by atoms with Gasteiger partial charge in [-0.2, -0.15) is 13.2 Å². The van der Waals surface area contributed by atoms with E-state index < -0.39 is 59.7 Å². The molecule has 2 heterocycles. The van der Waals surface area contributed by atoms with E-state index in [-0.39, 0.29) is 31.6 Å². The third-order valence-electron chi connectivity index (χ3n) is 8.09. The molecule has 1 saturated heterocycles. The summed E-state index contributed by atoms with van der Waals surface area (Å²) in [6.07, 6.45) is -1.71. The van der Waals surface area contributed by atoms with E-state index in [4.69, 9.17) is 9.47 Å². The van der Waals surface area contributed by atoms with Gasteiger partial charge < -0.3 is 19.9 Å². The number of carbonyl (C=O) groups is 4. The molecule has 2 aromatic rings. The van der Waals surface area contributed by atoms with Gasteiger partial charge in [-0.1, -0.05) is 31.4 Å². The van der Waals surface area contributed by atoms with Crippen molar-refractivity contribution in [3.8, 4) is 5.75 Å². The number of nitrogens with one attached hydrogen (secondary N) is 1. The predicted octanol–water partition coefficient (Wildman–Crippen LogP) is 5.71. The Labute approximate surface area is 265 Å². The minimum absolute atomic E-state index is 0.0603. The number of pyridine rings is 1. The Morgan fingerprint density at radius 3 is 2.28 bits per heavy atom. The van der Waals surface area contributed by atoms with E-state index in [0.29, 0.717) is 29.1 Å². The summed E-state index contributed by atoms with van der Waals surface area (Å²) < 4.78 is 52.5. The second-order valence-electron chi connectivity index (χ2n) is 12.6. The van der Waals surface area contributed by atoms with Crippen LogP contribution in [0.4, 0.5) is 28.6 Å². The van der Waals surface area contributed by atoms with Crippen molar-refractivity contribution in [3.05, 3.63) is 53.7 Å². The summed E-state index contributed by atoms with van der Waals surface area (Å²) in [5.41, 5.74) is 0.325. The molecule has 1 aromatic heterocycles. The van der Waals surface area contributed by atoms with Crippen LogP contribution >= 0.6 is 0 Å². The second kappa shape index (κ2) is 14.0. The van der Waals surface area contributed by atoms with Crippen LogP contribution in [0, 0.1) is 11.8 Å². The minimum Gasteiger partial charge on any atom is -0.497 e. The number of β-lactam (4-membered cyclic amide) rings is 1. The highest BCUT2D eigenvalue weighted by molar-refractivity contribution is 6.07. The summed E-state index contributed by atoms with van der Waals surface area (Å²) in [6.45, 7) is 5.19. The lowest BCUT2D eigenvalue weighted by atomic mass is 9.82. The first-order valence-electron chi connectivity index (χ1n) is 15.1. The molecule has 4 rings (SSSR count). The zero-order chi connectivity index (χ0) is 33.8. The van der Waals surface area contributed by atoms with Gasteiger partial charge in [0.25, 0.3) is 0 Å². The van der Waals surface area contributed by atoms with Crippen molar-refractivity contribution in [2.45, 2.75) is 89.7 Å². The average Bonchev–Trinajstić information content (AvgIpc) is 2.99. The van der Waals surface area contributed by atoms with E-state index in [9.17, 15) is 37.5 Å². The molecule has 4 amide bonds. The Balaban J connectivity index is 1.53. The number of halogens is 3. The second-order valence-corrected chi connectivity index (χ2v) is 12.6. The highest BCUT2D eigenvalue weighted by atomic mass is 19.4. The lowest BCUT2D eigenvalue weighted by molar-refractivity contribution is -0.172. The molecule has 1 aliphatic carbocycles. The van der Waals surface area contributed by atoms with Crippen molar-refractivity contribution in [2.24, 2.45) is 11.8 Å². The van der Waals surface area contributed by atoms with Crippen molar-refractivity contribution in [1.29, 1.82) is 0 Å². The molecule has 3 atom stereocenters. The lowest BCUT2D eigenvalue weighted by Crippen LogP contribution is -2.70. The molecule has 0 radical (unpaired) electrons. The number of aromatic nitrogens is 1. The summed E-state index contributed by atoms with van der Waals surface area (Å²) in [4.78, 5) is 57.4. The monoisotopic (exact) mass is 648 g/mol. The molecule has 1 saturated carbocycles. The number of alkyl halides is 3. The quantitative estimate of drug-likeness (QED) is 0.330. The number of carboxylic acid groups (broad SMARTS) is 1. The van der Waals surface area contributed by atoms with E-state index in [1.165, 1.54) is 30.3 Å². The zero-order valence-corrected chi connectivity index (χ0v) is 26.2. The van der Waals surface area contributed by atoms with Gasteiger partial charge in [-0.3, -0.25) is 9.69 Å². The van der Waals surface area contributed by atoms with Gasteiger partial charge in [-0.25, -0.2) is 24.3 Å². The number of methoxy groups -OCH3 is 1. The first kappa shape index (κ1) is 34.5. The number of hydrogen-bond acceptors (Lipinski definition) is 7. The molecule has 14 heteroatoms. The number of aliphatic carboxylic acids is 1. The lowest BCUT2D eigenvalue weighted by Gasteiger charge is -2.44. The molecule has 11 nitrogen and oxygen atoms in total. The van der Waals surface area contributed by atoms with Gasteiger partial charge in [0.1, 0.15) is 23.2 Å². The number of carboxylic acids is 1. The Morgan fingerprint density at radius 1 is 1.07 bits per heavy atom. The maximum Gasteiger partial charge on any atom is 0.416 e. The third kappa shape index (κ3) is 8.26. The van der Waals surface area contributed by atoms with Crippen LogP contribution in [0.2, 0.25) is 0 Å². The Morgan fingerprint density at radius 2 is 1.72 bits per heavy atom. The first-order valence-corrected chi connectivity index (χ1v) is 15.1. The average molecular weight is 649 g/mol. The van der Waals surface area contributed by atoms with Gasteiger partial charge in [0.2, 0.25) is 5.91 Å². The van der Waals surface area contributed by atoms with Gasteiger partial charge in [0.15, 0.2) is 6.04 Å². The van der Waals surface area contributed by atoms with Crippen LogP contribution in [0.5, 0.6) is 5.75 Å². The number of nitrogens with zero attached hydrogens (tertiary/aromatic N) is 3. The van der Waals surface area contributed by atoms with Crippen LogP contribution in [-0.4, -0.2) is 70.0 Å². The van der Waals surface area contributed by atoms with Crippen LogP contribution in [-0.2, 0) is 27.3 Å². The van der Waals surface area contributed by atoms with Crippen LogP contribution < -0.4 is 15.0 Å². The van der Waals surface area contributed by atoms with Crippen LogP contribution in [0.25, 0.3) is 0 Å². The Hall–Kier alpha value is -4.36. The number of likely N-dealkylation sites (tertiary alicyclic amines) is 1. The van der Waals surface area contributed by atoms with Gasteiger partial charge in [-0.15, -0.1) is 0 Å². The smallest absolute Gasteiger partial charge is 0.416 e. The summed E-state index contributed by atoms with van der Waals surface area (Å²) in [5.74, 6) is -3.73. The van der Waals surface area contributed by atoms with Crippen molar-refractivity contribution in [1.82, 2.24) is 15.2 Å². The minimum atomic E-state index is -4.76. The number of benzene rings is 1. The van der Waals surface area contributed by atoms with Gasteiger partial charge in [-0.05, 0) is 81.3 Å². The molecule has 1 aliphatic heterocycles. The molecule has 0 spiro atoms. The number of imide groups is 1. The van der Waals surface area contributed by atoms with E-state index >= 15 is 0 Å². The number of carbonyl (C=O) groups excluding carboxylic acids is 3. The number of amides is 4. The molecule has 46 heavy (non-hydrogen) atoms. The number of hydrogen-bond donors (Lipinski definition) is 2. The maximum atomic E-state index is 13.9. The molecule has 1 aromatic carbocycles. The van der Waals surface area contributed by atoms with Crippen LogP contribution in [0.3, 0.4) is 0 Å². The Kier molecular flexibility index (Phi) is 10.5. The molecular formula is C32H39F3N4O7. The fourth-order valence-electron chi connectivity index (χ4n) is 5.85. The van der Waals surface area contributed by atoms with E-state index in [2.05, 4.69) is 4.98 Å². The van der Waals surface area contributed by atoms with Crippen LogP contribution in [0.1, 0.15) is 64.0 Å². The van der Waals surface area contributed by atoms with Crippen LogP contribution in [0.15, 0.2) is 42.6 Å². The summed E-state index contributed by atoms with van der Waals surface area (Å²) in [7, 11) is 1.53. The number of rotatable bonds is 9. The molecule has 0 unspecified atom stereocenters. The van der Waals surface area contributed by atoms with Crippen molar-refractivity contribution < 1.29 is 46.9 Å². The number of anilines is 1. The molecule has 0 bridgehead atoms. The zero-order valence-electron chi connectivity index (χ0n) is 26.2. The molecule has 2 N–H and O–H groups in total. The standard InChI is InChI=1S/C32H39F3N4O7/c1-31(2,3)46-30(44)38(18-19-10-12-22(45-4)13-11-19)24-17-20(14-15-36-24)16-23-25(28(41)42)39(27(23)40)29(43)37-26(32(33,34)35)21-8-6-5-7-9-21/h10-15,17,21,23,25-26H,5-9,16,18H2,1-4H3,(H,37,43)(H,41,42)/t23-,25+,26+/m1/s1.